The molecule has 6 unspecified atom stereocenters. The second-order valence-corrected chi connectivity index (χ2v) is 16.1. The van der Waals surface area contributed by atoms with Gasteiger partial charge in [-0.2, -0.15) is 10.2 Å². The van der Waals surface area contributed by atoms with Crippen LogP contribution in [0.15, 0.2) is 107 Å². The van der Waals surface area contributed by atoms with E-state index in [0.717, 1.165) is 22.7 Å². The van der Waals surface area contributed by atoms with Gasteiger partial charge in [-0.25, -0.2) is 9.29 Å². The van der Waals surface area contributed by atoms with Crippen LogP contribution >= 0.6 is 23.2 Å². The van der Waals surface area contributed by atoms with E-state index in [1.165, 1.54) is 17.0 Å². The van der Waals surface area contributed by atoms with Gasteiger partial charge in [-0.3, -0.25) is 24.1 Å². The number of amides is 4. The van der Waals surface area contributed by atoms with Crippen molar-refractivity contribution in [3.05, 3.63) is 119 Å². The average molecular weight is 781 g/mol. The number of hydrogen-bond acceptors (Lipinski definition) is 8. The fraction of sp³-hybridized carbons (Fsp3) is 0.286. The number of carbonyl (C=O) groups is 4. The number of halogens is 3. The average Bonchev–Trinajstić information content (AvgIpc) is 3.50. The first-order valence-electron chi connectivity index (χ1n) is 17.8. The van der Waals surface area contributed by atoms with E-state index in [2.05, 4.69) is 10.2 Å². The molecule has 3 fully saturated rings. The molecule has 280 valence electrons. The van der Waals surface area contributed by atoms with Gasteiger partial charge in [0.1, 0.15) is 11.6 Å². The Balaban J connectivity index is 1.16. The summed E-state index contributed by atoms with van der Waals surface area (Å²) in [4.78, 5) is 57.7. The van der Waals surface area contributed by atoms with E-state index in [4.69, 9.17) is 23.2 Å². The smallest absolute Gasteiger partial charge is 0.258 e. The molecule has 4 aliphatic rings. The Labute approximate surface area is 326 Å². The Hall–Kier alpha value is -5.39. The summed E-state index contributed by atoms with van der Waals surface area (Å²) in [5.74, 6) is -6.34. The minimum Gasteiger partial charge on any atom is -0.507 e. The molecule has 2 heterocycles. The Kier molecular flexibility index (Phi) is 8.73. The van der Waals surface area contributed by atoms with Crippen molar-refractivity contribution < 1.29 is 28.7 Å². The fourth-order valence-corrected chi connectivity index (χ4v) is 9.72. The molecule has 0 bridgehead atoms. The van der Waals surface area contributed by atoms with Gasteiger partial charge in [-0.1, -0.05) is 23.8 Å². The highest BCUT2D eigenvalue weighted by molar-refractivity contribution is 6.58. The van der Waals surface area contributed by atoms with E-state index in [9.17, 15) is 28.7 Å². The van der Waals surface area contributed by atoms with Gasteiger partial charge in [0, 0.05) is 25.7 Å². The number of rotatable bonds is 6. The van der Waals surface area contributed by atoms with Crippen LogP contribution in [-0.4, -0.2) is 52.6 Å². The van der Waals surface area contributed by atoms with E-state index >= 15 is 0 Å². The topological polar surface area (TPSA) is 123 Å². The van der Waals surface area contributed by atoms with E-state index in [-0.39, 0.29) is 30.2 Å². The van der Waals surface area contributed by atoms with Crippen molar-refractivity contribution in [2.75, 3.05) is 28.8 Å². The number of hydrogen-bond donors (Lipinski definition) is 1. The number of azo groups is 1. The van der Waals surface area contributed by atoms with E-state index in [1.807, 2.05) is 49.3 Å². The summed E-state index contributed by atoms with van der Waals surface area (Å²) >= 11 is 15.0. The number of fused-ring (bicyclic) bond motifs is 4. The first-order chi connectivity index (χ1) is 26.1. The first-order valence-corrected chi connectivity index (χ1v) is 18.6. The highest BCUT2D eigenvalue weighted by atomic mass is 35.5. The molecule has 6 atom stereocenters. The number of alkyl halides is 2. The van der Waals surface area contributed by atoms with Crippen molar-refractivity contribution in [2.45, 2.75) is 42.4 Å². The summed E-state index contributed by atoms with van der Waals surface area (Å²) in [7, 11) is 3.90. The van der Waals surface area contributed by atoms with Gasteiger partial charge in [-0.05, 0) is 122 Å². The highest BCUT2D eigenvalue weighted by Gasteiger charge is 2.76. The summed E-state index contributed by atoms with van der Waals surface area (Å²) in [6.45, 7) is 3.43. The van der Waals surface area contributed by atoms with Gasteiger partial charge < -0.3 is 10.0 Å². The number of aromatic hydroxyl groups is 1. The van der Waals surface area contributed by atoms with E-state index in [1.54, 1.807) is 50.2 Å². The molecule has 13 heteroatoms. The molecule has 0 aromatic heterocycles. The molecule has 4 amide bonds. The summed E-state index contributed by atoms with van der Waals surface area (Å²) in [6.07, 6.45) is 1.84. The minimum atomic E-state index is -2.07. The SMILES string of the molecule is Cc1cc(C2C3=CCC4C(=O)N(c5ccc(N=Nc6ccc(N(C)C)cc6)cc5)C(=O)C4C3CC3(Cl)C(=O)N(c4ccc(F)cc4)C(=O)C23Cl)cc(C)c1O. The first kappa shape index (κ1) is 36.6. The molecule has 0 radical (unpaired) electrons. The minimum absolute atomic E-state index is 0.0645. The van der Waals surface area contributed by atoms with Crippen molar-refractivity contribution >= 4 is 75.3 Å². The lowest BCUT2D eigenvalue weighted by Gasteiger charge is -2.50. The van der Waals surface area contributed by atoms with Crippen LogP contribution in [0.4, 0.5) is 32.8 Å². The Bertz CT molecular complexity index is 2330. The molecule has 1 saturated carbocycles. The quantitative estimate of drug-likeness (QED) is 0.0908. The van der Waals surface area contributed by atoms with Crippen LogP contribution in [-0.2, 0) is 19.2 Å². The molecule has 0 spiro atoms. The van der Waals surface area contributed by atoms with Crippen molar-refractivity contribution in [2.24, 2.45) is 28.0 Å². The van der Waals surface area contributed by atoms with E-state index in [0.29, 0.717) is 39.3 Å². The lowest BCUT2D eigenvalue weighted by Crippen LogP contribution is -2.60. The number of phenols is 1. The molecule has 2 aliphatic carbocycles. The summed E-state index contributed by atoms with van der Waals surface area (Å²) in [6, 6.07) is 22.5. The monoisotopic (exact) mass is 779 g/mol. The van der Waals surface area contributed by atoms with Crippen LogP contribution < -0.4 is 14.7 Å². The van der Waals surface area contributed by atoms with Gasteiger partial charge in [0.15, 0.2) is 9.75 Å². The number of benzene rings is 4. The van der Waals surface area contributed by atoms with Crippen molar-refractivity contribution in [1.82, 2.24) is 0 Å². The predicted octanol–water partition coefficient (Wildman–Crippen LogP) is 8.40. The van der Waals surface area contributed by atoms with Gasteiger partial charge in [-0.15, -0.1) is 23.2 Å². The normalized spacial score (nSPS) is 27.4. The molecule has 2 saturated heterocycles. The molecule has 2 aliphatic heterocycles. The molecule has 4 aromatic carbocycles. The maximum atomic E-state index is 14.6. The standard InChI is InChI=1S/C42H36Cl2FN5O5/c1-22-19-24(20-23(2)36(22)51)35-31-17-18-32-34(33(31)21-41(43)39(54)50(40(55)42(35,41)44)30-11-5-25(45)6-12-30)38(53)49(37(32)52)29-15-9-27(10-16-29)47-46-26-7-13-28(14-8-26)48(3)4/h5-17,19-20,32-35,51H,18,21H2,1-4H3. The molecule has 8 rings (SSSR count). The number of imide groups is 2. The van der Waals surface area contributed by atoms with Crippen LogP contribution in [0.2, 0.25) is 0 Å². The van der Waals surface area contributed by atoms with E-state index < -0.39 is 57.0 Å². The zero-order valence-corrected chi connectivity index (χ0v) is 31.8. The summed E-state index contributed by atoms with van der Waals surface area (Å²) in [5.41, 5.74) is 4.85. The van der Waals surface area contributed by atoms with Crippen LogP contribution in [0.1, 0.15) is 35.4 Å². The fourth-order valence-electron chi connectivity index (χ4n) is 8.78. The molecular formula is C42H36Cl2FN5O5. The molecule has 1 N–H and O–H groups in total. The number of allylic oxidation sites excluding steroid dienone is 2. The number of nitrogens with zero attached hydrogens (tertiary/aromatic N) is 5. The molecular weight excluding hydrogens is 744 g/mol. The number of anilines is 3. The maximum absolute atomic E-state index is 14.6. The third-order valence-electron chi connectivity index (χ3n) is 11.5. The third-order valence-corrected chi connectivity index (χ3v) is 12.9. The largest absolute Gasteiger partial charge is 0.507 e. The van der Waals surface area contributed by atoms with Crippen LogP contribution in [0.3, 0.4) is 0 Å². The van der Waals surface area contributed by atoms with Gasteiger partial charge in [0.2, 0.25) is 11.8 Å². The van der Waals surface area contributed by atoms with Gasteiger partial charge in [0.05, 0.1) is 34.6 Å². The zero-order chi connectivity index (χ0) is 39.1. The summed E-state index contributed by atoms with van der Waals surface area (Å²) in [5, 5.41) is 19.3. The van der Waals surface area contributed by atoms with Crippen molar-refractivity contribution in [3.8, 4) is 5.75 Å². The van der Waals surface area contributed by atoms with Crippen LogP contribution in [0.25, 0.3) is 0 Å². The summed E-state index contributed by atoms with van der Waals surface area (Å²) < 4.78 is 14.0. The van der Waals surface area contributed by atoms with Gasteiger partial charge >= 0.3 is 0 Å². The van der Waals surface area contributed by atoms with Gasteiger partial charge in [0.25, 0.3) is 11.8 Å². The second-order valence-electron chi connectivity index (χ2n) is 14.9. The number of phenolic OH excluding ortho intramolecular Hbond substituents is 1. The Morgan fingerprint density at radius 1 is 0.764 bits per heavy atom. The lowest BCUT2D eigenvalue weighted by molar-refractivity contribution is -0.125. The lowest BCUT2D eigenvalue weighted by atomic mass is 9.56. The Morgan fingerprint density at radius 3 is 1.89 bits per heavy atom. The van der Waals surface area contributed by atoms with Crippen LogP contribution in [0, 0.1) is 37.4 Å². The third kappa shape index (κ3) is 5.50. The van der Waals surface area contributed by atoms with Crippen molar-refractivity contribution in [1.29, 1.82) is 0 Å². The van der Waals surface area contributed by atoms with Crippen molar-refractivity contribution in [3.63, 3.8) is 0 Å². The van der Waals surface area contributed by atoms with Crippen LogP contribution in [0.5, 0.6) is 5.75 Å². The highest BCUT2D eigenvalue weighted by Crippen LogP contribution is 2.66. The maximum Gasteiger partial charge on any atom is 0.258 e. The number of aryl methyl sites for hydroxylation is 2. The molecule has 55 heavy (non-hydrogen) atoms. The second kappa shape index (κ2) is 13.1. The zero-order valence-electron chi connectivity index (χ0n) is 30.3. The molecule has 10 nitrogen and oxygen atoms in total. The predicted molar refractivity (Wildman–Crippen MR) is 208 cm³/mol. The Morgan fingerprint density at radius 2 is 1.31 bits per heavy atom. The molecule has 4 aromatic rings. The number of carbonyl (C=O) groups excluding carboxylic acids is 4.